The summed E-state index contributed by atoms with van der Waals surface area (Å²) in [5.74, 6) is 3.53. The molecule has 2 saturated carbocycles. The summed E-state index contributed by atoms with van der Waals surface area (Å²) in [5, 5.41) is 0. The van der Waals surface area contributed by atoms with Crippen molar-refractivity contribution in [3.8, 4) is 0 Å². The van der Waals surface area contributed by atoms with Crippen LogP contribution in [0.3, 0.4) is 0 Å². The standard InChI is InChI=1S/C34H43F/c1-3-24-5-9-26(10-6-24)27-13-15-28(16-14-27)29-17-19-31(20-18-29)33-22-21-32(23-34(33)35)30-11-7-25(4-2)8-12-30/h4-6,9-10,19,21-23,25,27-30H,2-3,7-8,11-18,20H2,1H3. The molecule has 0 heterocycles. The van der Waals surface area contributed by atoms with E-state index in [0.717, 1.165) is 55.4 Å². The van der Waals surface area contributed by atoms with Crippen LogP contribution in [0.25, 0.3) is 5.57 Å². The molecule has 0 nitrogen and oxygen atoms in total. The quantitative estimate of drug-likeness (QED) is 0.368. The van der Waals surface area contributed by atoms with Crippen LogP contribution in [-0.2, 0) is 6.42 Å². The van der Waals surface area contributed by atoms with Gasteiger partial charge in [0.25, 0.3) is 0 Å². The largest absolute Gasteiger partial charge is 0.206 e. The Morgan fingerprint density at radius 2 is 1.46 bits per heavy atom. The van der Waals surface area contributed by atoms with E-state index in [4.69, 9.17) is 0 Å². The van der Waals surface area contributed by atoms with Crippen LogP contribution in [0.5, 0.6) is 0 Å². The summed E-state index contributed by atoms with van der Waals surface area (Å²) in [4.78, 5) is 0. The monoisotopic (exact) mass is 470 g/mol. The van der Waals surface area contributed by atoms with Gasteiger partial charge < -0.3 is 0 Å². The second kappa shape index (κ2) is 11.3. The third-order valence-electron chi connectivity index (χ3n) is 9.67. The third kappa shape index (κ3) is 5.65. The number of aryl methyl sites for hydroxylation is 1. The molecule has 0 saturated heterocycles. The zero-order valence-corrected chi connectivity index (χ0v) is 21.7. The zero-order chi connectivity index (χ0) is 24.2. The molecule has 2 aromatic rings. The second-order valence-corrected chi connectivity index (χ2v) is 11.6. The van der Waals surface area contributed by atoms with Crippen molar-refractivity contribution in [3.05, 3.63) is 89.3 Å². The van der Waals surface area contributed by atoms with Gasteiger partial charge in [0.1, 0.15) is 5.82 Å². The zero-order valence-electron chi connectivity index (χ0n) is 21.7. The maximum atomic E-state index is 15.2. The van der Waals surface area contributed by atoms with E-state index in [1.807, 2.05) is 6.07 Å². The predicted octanol–water partition coefficient (Wildman–Crippen LogP) is 10.0. The van der Waals surface area contributed by atoms with E-state index in [0.29, 0.717) is 11.8 Å². The van der Waals surface area contributed by atoms with Crippen molar-refractivity contribution >= 4 is 5.57 Å². The number of allylic oxidation sites excluding steroid dienone is 3. The van der Waals surface area contributed by atoms with Crippen molar-refractivity contribution in [1.29, 1.82) is 0 Å². The molecular formula is C34H43F. The number of hydrogen-bond acceptors (Lipinski definition) is 0. The fraction of sp³-hybridized carbons (Fsp3) is 0.529. The predicted molar refractivity (Wildman–Crippen MR) is 147 cm³/mol. The van der Waals surface area contributed by atoms with Crippen molar-refractivity contribution in [2.45, 2.75) is 95.8 Å². The molecule has 0 spiro atoms. The van der Waals surface area contributed by atoms with Crippen LogP contribution >= 0.6 is 0 Å². The first-order chi connectivity index (χ1) is 17.1. The summed E-state index contributed by atoms with van der Waals surface area (Å²) in [6.07, 6.45) is 19.0. The van der Waals surface area contributed by atoms with Gasteiger partial charge in [-0.2, -0.15) is 0 Å². The third-order valence-corrected chi connectivity index (χ3v) is 9.67. The van der Waals surface area contributed by atoms with Crippen LogP contribution in [0.15, 0.2) is 61.2 Å². The Morgan fingerprint density at radius 1 is 0.800 bits per heavy atom. The van der Waals surface area contributed by atoms with Crippen LogP contribution in [0, 0.1) is 23.6 Å². The first kappa shape index (κ1) is 24.5. The summed E-state index contributed by atoms with van der Waals surface area (Å²) >= 11 is 0. The average Bonchev–Trinajstić information content (AvgIpc) is 2.93. The molecule has 186 valence electrons. The molecular weight excluding hydrogens is 427 g/mol. The van der Waals surface area contributed by atoms with Gasteiger partial charge in [-0.1, -0.05) is 55.5 Å². The summed E-state index contributed by atoms with van der Waals surface area (Å²) < 4.78 is 15.2. The lowest BCUT2D eigenvalue weighted by Gasteiger charge is -2.36. The van der Waals surface area contributed by atoms with E-state index in [-0.39, 0.29) is 5.82 Å². The average molecular weight is 471 g/mol. The molecule has 1 heteroatoms. The molecule has 5 rings (SSSR count). The summed E-state index contributed by atoms with van der Waals surface area (Å²) in [6.45, 7) is 6.18. The Bertz CT molecular complexity index is 1010. The Kier molecular flexibility index (Phi) is 7.91. The van der Waals surface area contributed by atoms with E-state index in [2.05, 4.69) is 62.1 Å². The van der Waals surface area contributed by atoms with Crippen LogP contribution < -0.4 is 0 Å². The van der Waals surface area contributed by atoms with Crippen LogP contribution in [0.1, 0.15) is 112 Å². The van der Waals surface area contributed by atoms with Crippen molar-refractivity contribution in [2.75, 3.05) is 0 Å². The number of halogens is 1. The Labute approximate surface area is 212 Å². The van der Waals surface area contributed by atoms with Gasteiger partial charge in [0.15, 0.2) is 0 Å². The molecule has 2 fully saturated rings. The van der Waals surface area contributed by atoms with Gasteiger partial charge in [0.2, 0.25) is 0 Å². The minimum Gasteiger partial charge on any atom is -0.206 e. The van der Waals surface area contributed by atoms with Gasteiger partial charge in [-0.25, -0.2) is 4.39 Å². The van der Waals surface area contributed by atoms with E-state index < -0.39 is 0 Å². The molecule has 0 aliphatic heterocycles. The summed E-state index contributed by atoms with van der Waals surface area (Å²) in [5.41, 5.74) is 6.27. The normalized spacial score (nSPS) is 29.4. The Hall–Kier alpha value is -2.15. The molecule has 1 unspecified atom stereocenters. The van der Waals surface area contributed by atoms with Gasteiger partial charge in [0.05, 0.1) is 0 Å². The maximum Gasteiger partial charge on any atom is 0.130 e. The smallest absolute Gasteiger partial charge is 0.130 e. The fourth-order valence-electron chi connectivity index (χ4n) is 7.21. The number of rotatable bonds is 6. The van der Waals surface area contributed by atoms with Crippen LogP contribution in [0.2, 0.25) is 0 Å². The maximum absolute atomic E-state index is 15.2. The Morgan fingerprint density at radius 3 is 2.06 bits per heavy atom. The van der Waals surface area contributed by atoms with Crippen molar-refractivity contribution in [1.82, 2.24) is 0 Å². The topological polar surface area (TPSA) is 0 Å². The summed E-state index contributed by atoms with van der Waals surface area (Å²) in [7, 11) is 0. The first-order valence-electron chi connectivity index (χ1n) is 14.3. The minimum absolute atomic E-state index is 0.00681. The fourth-order valence-corrected chi connectivity index (χ4v) is 7.21. The molecule has 3 aliphatic rings. The van der Waals surface area contributed by atoms with E-state index in [1.54, 1.807) is 5.56 Å². The first-order valence-corrected chi connectivity index (χ1v) is 14.3. The highest BCUT2D eigenvalue weighted by Crippen LogP contribution is 2.44. The van der Waals surface area contributed by atoms with E-state index in [1.165, 1.54) is 61.6 Å². The minimum atomic E-state index is -0.00681. The van der Waals surface area contributed by atoms with Gasteiger partial charge in [0, 0.05) is 5.56 Å². The van der Waals surface area contributed by atoms with Crippen LogP contribution in [0.4, 0.5) is 4.39 Å². The van der Waals surface area contributed by atoms with E-state index >= 15 is 4.39 Å². The van der Waals surface area contributed by atoms with Gasteiger partial charge in [-0.3, -0.25) is 0 Å². The second-order valence-electron chi connectivity index (χ2n) is 11.6. The van der Waals surface area contributed by atoms with Gasteiger partial charge in [-0.05, 0) is 135 Å². The van der Waals surface area contributed by atoms with Crippen molar-refractivity contribution < 1.29 is 4.39 Å². The molecule has 3 aliphatic carbocycles. The molecule has 0 radical (unpaired) electrons. The molecule has 0 amide bonds. The van der Waals surface area contributed by atoms with Gasteiger partial charge >= 0.3 is 0 Å². The SMILES string of the molecule is C=CC1CCC(c2ccc(C3=CCC(C4CCC(c5ccc(CC)cc5)CC4)CC3)c(F)c2)CC1. The molecule has 0 aromatic heterocycles. The highest BCUT2D eigenvalue weighted by atomic mass is 19.1. The van der Waals surface area contributed by atoms with Crippen molar-refractivity contribution in [2.24, 2.45) is 17.8 Å². The molecule has 1 atom stereocenters. The highest BCUT2D eigenvalue weighted by Gasteiger charge is 2.30. The molecule has 35 heavy (non-hydrogen) atoms. The van der Waals surface area contributed by atoms with Crippen LogP contribution in [-0.4, -0.2) is 0 Å². The molecule has 2 aromatic carbocycles. The lowest BCUT2D eigenvalue weighted by atomic mass is 9.70. The Balaban J connectivity index is 1.15. The number of benzene rings is 2. The summed E-state index contributed by atoms with van der Waals surface area (Å²) in [6, 6.07) is 15.5. The van der Waals surface area contributed by atoms with E-state index in [9.17, 15) is 0 Å². The molecule has 0 bridgehead atoms. The lowest BCUT2D eigenvalue weighted by Crippen LogP contribution is -2.22. The lowest BCUT2D eigenvalue weighted by molar-refractivity contribution is 0.220. The number of hydrogen-bond donors (Lipinski definition) is 0. The van der Waals surface area contributed by atoms with Crippen molar-refractivity contribution in [3.63, 3.8) is 0 Å². The molecule has 0 N–H and O–H groups in total. The highest BCUT2D eigenvalue weighted by molar-refractivity contribution is 5.67. The van der Waals surface area contributed by atoms with Gasteiger partial charge in [-0.15, -0.1) is 6.58 Å².